The van der Waals surface area contributed by atoms with Crippen LogP contribution in [0.1, 0.15) is 0 Å². The van der Waals surface area contributed by atoms with E-state index < -0.39 is 0 Å². The van der Waals surface area contributed by atoms with Crippen molar-refractivity contribution in [2.24, 2.45) is 0 Å². The van der Waals surface area contributed by atoms with Crippen LogP contribution in [0.3, 0.4) is 0 Å². The molecule has 1 atom stereocenters. The highest BCUT2D eigenvalue weighted by molar-refractivity contribution is 8.06. The van der Waals surface area contributed by atoms with Gasteiger partial charge in [-0.15, -0.1) is 0 Å². The van der Waals surface area contributed by atoms with Crippen LogP contribution in [0, 0.1) is 0 Å². The summed E-state index contributed by atoms with van der Waals surface area (Å²) in [6.45, 7) is 1.01. The smallest absolute Gasteiger partial charge is 0.133 e. The fraction of sp³-hybridized carbons (Fsp3) is 0.357. The Bertz CT molecular complexity index is 519. The second-order valence-electron chi connectivity index (χ2n) is 4.33. The van der Waals surface area contributed by atoms with Crippen LogP contribution in [0.25, 0.3) is 10.8 Å². The summed E-state index contributed by atoms with van der Waals surface area (Å²) >= 11 is 4.14. The molecule has 0 saturated carbocycles. The second-order valence-corrected chi connectivity index (χ2v) is 6.89. The van der Waals surface area contributed by atoms with Crippen LogP contribution in [0.4, 0.5) is 5.82 Å². The lowest BCUT2D eigenvalue weighted by Gasteiger charge is -2.21. The Kier molecular flexibility index (Phi) is 3.96. The van der Waals surface area contributed by atoms with E-state index in [1.54, 1.807) is 0 Å². The molecule has 94 valence electrons. The van der Waals surface area contributed by atoms with E-state index in [2.05, 4.69) is 64.2 Å². The number of hydrogen-bond acceptors (Lipinski definition) is 4. The molecule has 3 rings (SSSR count). The molecule has 1 aliphatic heterocycles. The summed E-state index contributed by atoms with van der Waals surface area (Å²) in [5.41, 5.74) is 0. The minimum atomic E-state index is 0.713. The molecule has 0 bridgehead atoms. The van der Waals surface area contributed by atoms with Crippen molar-refractivity contribution in [1.29, 1.82) is 0 Å². The van der Waals surface area contributed by atoms with Crippen molar-refractivity contribution < 1.29 is 0 Å². The fourth-order valence-corrected chi connectivity index (χ4v) is 4.74. The molecular formula is C14H16N2S2. The normalized spacial score (nSPS) is 19.9. The van der Waals surface area contributed by atoms with Crippen molar-refractivity contribution in [1.82, 2.24) is 4.98 Å². The Morgan fingerprint density at radius 3 is 3.06 bits per heavy atom. The summed E-state index contributed by atoms with van der Waals surface area (Å²) in [5.74, 6) is 4.85. The van der Waals surface area contributed by atoms with Crippen LogP contribution in [0.2, 0.25) is 0 Å². The monoisotopic (exact) mass is 276 g/mol. The van der Waals surface area contributed by atoms with Gasteiger partial charge in [-0.1, -0.05) is 24.3 Å². The number of fused-ring (bicyclic) bond motifs is 1. The van der Waals surface area contributed by atoms with Gasteiger partial charge in [-0.2, -0.15) is 23.5 Å². The lowest BCUT2D eigenvalue weighted by atomic mass is 10.1. The Hall–Kier alpha value is -0.870. The van der Waals surface area contributed by atoms with Crippen molar-refractivity contribution in [2.45, 2.75) is 5.25 Å². The first-order chi connectivity index (χ1) is 8.93. The molecule has 0 aliphatic carbocycles. The maximum Gasteiger partial charge on any atom is 0.133 e. The standard InChI is InChI=1S/C14H16N2S2/c1-2-4-13-11(3-1)5-6-15-14(13)16-9-12-10-17-7-8-18-12/h1-6,12H,7-10H2,(H,15,16). The molecule has 1 aromatic heterocycles. The highest BCUT2D eigenvalue weighted by Gasteiger charge is 2.14. The molecule has 1 unspecified atom stereocenters. The molecular weight excluding hydrogens is 260 g/mol. The van der Waals surface area contributed by atoms with Crippen LogP contribution in [-0.2, 0) is 0 Å². The number of nitrogens with one attached hydrogen (secondary N) is 1. The zero-order chi connectivity index (χ0) is 12.2. The number of anilines is 1. The summed E-state index contributed by atoms with van der Waals surface area (Å²) in [5, 5.41) is 6.69. The van der Waals surface area contributed by atoms with Crippen LogP contribution < -0.4 is 5.32 Å². The minimum absolute atomic E-state index is 0.713. The second kappa shape index (κ2) is 5.85. The lowest BCUT2D eigenvalue weighted by molar-refractivity contribution is 0.996. The average Bonchev–Trinajstić information content (AvgIpc) is 2.46. The van der Waals surface area contributed by atoms with Crippen molar-refractivity contribution >= 4 is 40.1 Å². The quantitative estimate of drug-likeness (QED) is 0.927. The minimum Gasteiger partial charge on any atom is -0.368 e. The SMILES string of the molecule is c1ccc2c(NCC3CSCCS3)nccc2c1. The van der Waals surface area contributed by atoms with Gasteiger partial charge in [-0.25, -0.2) is 4.98 Å². The van der Waals surface area contributed by atoms with E-state index in [0.29, 0.717) is 5.25 Å². The van der Waals surface area contributed by atoms with Gasteiger partial charge in [0.25, 0.3) is 0 Å². The molecule has 4 heteroatoms. The Labute approximate surface area is 116 Å². The topological polar surface area (TPSA) is 24.9 Å². The third kappa shape index (κ3) is 2.75. The lowest BCUT2D eigenvalue weighted by Crippen LogP contribution is -2.23. The molecule has 0 amide bonds. The van der Waals surface area contributed by atoms with E-state index >= 15 is 0 Å². The highest BCUT2D eigenvalue weighted by Crippen LogP contribution is 2.25. The Morgan fingerprint density at radius 1 is 1.22 bits per heavy atom. The zero-order valence-electron chi connectivity index (χ0n) is 10.1. The van der Waals surface area contributed by atoms with Gasteiger partial charge in [0.1, 0.15) is 5.82 Å². The number of hydrogen-bond donors (Lipinski definition) is 1. The first-order valence-corrected chi connectivity index (χ1v) is 8.41. The molecule has 1 N–H and O–H groups in total. The van der Waals surface area contributed by atoms with Gasteiger partial charge in [0.15, 0.2) is 0 Å². The third-order valence-electron chi connectivity index (χ3n) is 3.06. The predicted octanol–water partition coefficient (Wildman–Crippen LogP) is 3.50. The van der Waals surface area contributed by atoms with Crippen molar-refractivity contribution in [3.8, 4) is 0 Å². The molecule has 2 nitrogen and oxygen atoms in total. The molecule has 1 aliphatic rings. The molecule has 2 aromatic rings. The van der Waals surface area contributed by atoms with Crippen molar-refractivity contribution in [3.63, 3.8) is 0 Å². The van der Waals surface area contributed by atoms with Gasteiger partial charge >= 0.3 is 0 Å². The van der Waals surface area contributed by atoms with E-state index in [1.165, 1.54) is 28.0 Å². The Morgan fingerprint density at radius 2 is 2.17 bits per heavy atom. The number of benzene rings is 1. The van der Waals surface area contributed by atoms with Crippen LogP contribution in [-0.4, -0.2) is 34.0 Å². The molecule has 0 spiro atoms. The maximum absolute atomic E-state index is 4.46. The van der Waals surface area contributed by atoms with Gasteiger partial charge in [-0.3, -0.25) is 0 Å². The molecule has 1 fully saturated rings. The summed E-state index contributed by atoms with van der Waals surface area (Å²) in [7, 11) is 0. The molecule has 1 aromatic carbocycles. The number of pyridine rings is 1. The number of thioether (sulfide) groups is 2. The summed E-state index contributed by atoms with van der Waals surface area (Å²) in [6, 6.07) is 10.5. The fourth-order valence-electron chi connectivity index (χ4n) is 2.13. The largest absolute Gasteiger partial charge is 0.368 e. The van der Waals surface area contributed by atoms with E-state index in [9.17, 15) is 0 Å². The predicted molar refractivity (Wildman–Crippen MR) is 83.8 cm³/mol. The molecule has 0 radical (unpaired) electrons. The molecule has 1 saturated heterocycles. The van der Waals surface area contributed by atoms with Crippen LogP contribution >= 0.6 is 23.5 Å². The van der Waals surface area contributed by atoms with Gasteiger partial charge < -0.3 is 5.32 Å². The van der Waals surface area contributed by atoms with Crippen molar-refractivity contribution in [3.05, 3.63) is 36.5 Å². The highest BCUT2D eigenvalue weighted by atomic mass is 32.2. The van der Waals surface area contributed by atoms with E-state index in [-0.39, 0.29) is 0 Å². The number of rotatable bonds is 3. The van der Waals surface area contributed by atoms with Crippen molar-refractivity contribution in [2.75, 3.05) is 29.1 Å². The van der Waals surface area contributed by atoms with Crippen LogP contribution in [0.15, 0.2) is 36.5 Å². The summed E-state index contributed by atoms with van der Waals surface area (Å²) in [6.07, 6.45) is 1.88. The molecule has 2 heterocycles. The summed E-state index contributed by atoms with van der Waals surface area (Å²) < 4.78 is 0. The average molecular weight is 276 g/mol. The Balaban J connectivity index is 1.74. The zero-order valence-corrected chi connectivity index (χ0v) is 11.8. The van der Waals surface area contributed by atoms with E-state index in [1.807, 2.05) is 6.20 Å². The van der Waals surface area contributed by atoms with Gasteiger partial charge in [-0.05, 0) is 11.5 Å². The van der Waals surface area contributed by atoms with Gasteiger partial charge in [0, 0.05) is 40.6 Å². The molecule has 18 heavy (non-hydrogen) atoms. The van der Waals surface area contributed by atoms with Gasteiger partial charge in [0.2, 0.25) is 0 Å². The van der Waals surface area contributed by atoms with Crippen LogP contribution in [0.5, 0.6) is 0 Å². The third-order valence-corrected chi connectivity index (χ3v) is 5.90. The number of aromatic nitrogens is 1. The van der Waals surface area contributed by atoms with Gasteiger partial charge in [0.05, 0.1) is 0 Å². The maximum atomic E-state index is 4.46. The first-order valence-electron chi connectivity index (χ1n) is 6.20. The first kappa shape index (κ1) is 12.2. The number of nitrogens with zero attached hydrogens (tertiary/aromatic N) is 1. The summed E-state index contributed by atoms with van der Waals surface area (Å²) in [4.78, 5) is 4.46. The van der Waals surface area contributed by atoms with E-state index in [0.717, 1.165) is 12.4 Å². The van der Waals surface area contributed by atoms with E-state index in [4.69, 9.17) is 0 Å².